The summed E-state index contributed by atoms with van der Waals surface area (Å²) in [6.45, 7) is 0.573. The average Bonchev–Trinajstić information content (AvgIpc) is 2.62. The standard InChI is InChI=1S/C16H15N3O4/c20-15(19-6-7-23-13(10-19)16(21)22)12-8-17-14(18-9-12)11-4-2-1-3-5-11/h1-5,8-9,13H,6-7,10H2,(H,21,22)/t13-/m1/s1. The molecule has 0 bridgehead atoms. The van der Waals surface area contributed by atoms with Crippen molar-refractivity contribution >= 4 is 11.9 Å². The Morgan fingerprint density at radius 2 is 1.87 bits per heavy atom. The lowest BCUT2D eigenvalue weighted by atomic mass is 10.2. The Bertz CT molecular complexity index is 703. The summed E-state index contributed by atoms with van der Waals surface area (Å²) in [6, 6.07) is 9.44. The molecule has 1 atom stereocenters. The molecule has 0 aliphatic carbocycles. The van der Waals surface area contributed by atoms with Crippen LogP contribution in [0.4, 0.5) is 0 Å². The zero-order valence-corrected chi connectivity index (χ0v) is 12.3. The molecule has 23 heavy (non-hydrogen) atoms. The number of hydrogen-bond donors (Lipinski definition) is 1. The molecule has 0 saturated carbocycles. The number of carboxylic acid groups (broad SMARTS) is 1. The number of nitrogens with zero attached hydrogens (tertiary/aromatic N) is 3. The van der Waals surface area contributed by atoms with Gasteiger partial charge in [0.05, 0.1) is 18.7 Å². The molecular formula is C16H15N3O4. The number of aromatic nitrogens is 2. The summed E-state index contributed by atoms with van der Waals surface area (Å²) in [4.78, 5) is 33.3. The molecule has 1 aliphatic heterocycles. The second-order valence-electron chi connectivity index (χ2n) is 5.11. The number of morpholine rings is 1. The highest BCUT2D eigenvalue weighted by Gasteiger charge is 2.29. The lowest BCUT2D eigenvalue weighted by Crippen LogP contribution is -2.48. The fraction of sp³-hybridized carbons (Fsp3) is 0.250. The minimum absolute atomic E-state index is 0.0224. The first-order valence-corrected chi connectivity index (χ1v) is 7.16. The molecule has 1 aliphatic rings. The maximum atomic E-state index is 12.4. The van der Waals surface area contributed by atoms with E-state index in [9.17, 15) is 9.59 Å². The molecule has 0 radical (unpaired) electrons. The zero-order chi connectivity index (χ0) is 16.2. The van der Waals surface area contributed by atoms with Gasteiger partial charge in [0.1, 0.15) is 0 Å². The Kier molecular flexibility index (Phi) is 4.29. The lowest BCUT2D eigenvalue weighted by Gasteiger charge is -2.30. The Morgan fingerprint density at radius 3 is 2.52 bits per heavy atom. The molecule has 1 aromatic heterocycles. The summed E-state index contributed by atoms with van der Waals surface area (Å²) in [5.74, 6) is -0.829. The number of benzene rings is 1. The second-order valence-corrected chi connectivity index (χ2v) is 5.11. The second kappa shape index (κ2) is 6.53. The number of hydrogen-bond acceptors (Lipinski definition) is 5. The van der Waals surface area contributed by atoms with Gasteiger partial charge in [-0.15, -0.1) is 0 Å². The number of amides is 1. The monoisotopic (exact) mass is 313 g/mol. The average molecular weight is 313 g/mol. The molecular weight excluding hydrogens is 298 g/mol. The Hall–Kier alpha value is -2.80. The van der Waals surface area contributed by atoms with Crippen LogP contribution in [0.3, 0.4) is 0 Å². The minimum atomic E-state index is -1.07. The molecule has 1 aromatic carbocycles. The summed E-state index contributed by atoms with van der Waals surface area (Å²) in [5, 5.41) is 8.98. The van der Waals surface area contributed by atoms with Crippen molar-refractivity contribution in [1.29, 1.82) is 0 Å². The molecule has 7 heteroatoms. The third kappa shape index (κ3) is 3.35. The zero-order valence-electron chi connectivity index (χ0n) is 12.3. The highest BCUT2D eigenvalue weighted by atomic mass is 16.5. The Labute approximate surface area is 132 Å². The van der Waals surface area contributed by atoms with Gasteiger partial charge in [0.25, 0.3) is 5.91 Å². The molecule has 0 unspecified atom stereocenters. The van der Waals surface area contributed by atoms with Crippen LogP contribution < -0.4 is 0 Å². The van der Waals surface area contributed by atoms with Gasteiger partial charge >= 0.3 is 5.97 Å². The number of carboxylic acids is 1. The van der Waals surface area contributed by atoms with Crippen molar-refractivity contribution in [2.75, 3.05) is 19.7 Å². The van der Waals surface area contributed by atoms with Crippen molar-refractivity contribution in [1.82, 2.24) is 14.9 Å². The van der Waals surface area contributed by atoms with Gasteiger partial charge in [0.2, 0.25) is 0 Å². The fourth-order valence-electron chi connectivity index (χ4n) is 2.34. The van der Waals surface area contributed by atoms with Crippen molar-refractivity contribution in [3.8, 4) is 11.4 Å². The maximum Gasteiger partial charge on any atom is 0.334 e. The normalized spacial score (nSPS) is 17.7. The van der Waals surface area contributed by atoms with Gasteiger partial charge in [-0.1, -0.05) is 30.3 Å². The predicted octanol–water partition coefficient (Wildman–Crippen LogP) is 1.07. The molecule has 1 fully saturated rings. The first-order chi connectivity index (χ1) is 11.1. The predicted molar refractivity (Wildman–Crippen MR) is 80.7 cm³/mol. The maximum absolute atomic E-state index is 12.4. The van der Waals surface area contributed by atoms with E-state index < -0.39 is 12.1 Å². The number of ether oxygens (including phenoxy) is 1. The van der Waals surface area contributed by atoms with Crippen molar-refractivity contribution in [3.63, 3.8) is 0 Å². The molecule has 7 nitrogen and oxygen atoms in total. The van der Waals surface area contributed by atoms with Crippen molar-refractivity contribution in [2.45, 2.75) is 6.10 Å². The fourth-order valence-corrected chi connectivity index (χ4v) is 2.34. The Balaban J connectivity index is 1.74. The van der Waals surface area contributed by atoms with Crippen LogP contribution >= 0.6 is 0 Å². The van der Waals surface area contributed by atoms with Crippen LogP contribution in [0.2, 0.25) is 0 Å². The van der Waals surface area contributed by atoms with Crippen molar-refractivity contribution in [2.24, 2.45) is 0 Å². The van der Waals surface area contributed by atoms with Gasteiger partial charge in [-0.3, -0.25) is 4.79 Å². The number of aliphatic carboxylic acids is 1. The van der Waals surface area contributed by atoms with Crippen LogP contribution in [-0.4, -0.2) is 57.7 Å². The van der Waals surface area contributed by atoms with E-state index in [4.69, 9.17) is 9.84 Å². The van der Waals surface area contributed by atoms with Crippen LogP contribution in [0.15, 0.2) is 42.7 Å². The lowest BCUT2D eigenvalue weighted by molar-refractivity contribution is -0.154. The van der Waals surface area contributed by atoms with E-state index in [0.29, 0.717) is 17.9 Å². The smallest absolute Gasteiger partial charge is 0.334 e. The molecule has 3 rings (SSSR count). The molecule has 118 valence electrons. The van der Waals surface area contributed by atoms with Crippen LogP contribution in [-0.2, 0) is 9.53 Å². The van der Waals surface area contributed by atoms with Crippen LogP contribution in [0.1, 0.15) is 10.4 Å². The van der Waals surface area contributed by atoms with E-state index in [1.54, 1.807) is 0 Å². The van der Waals surface area contributed by atoms with Crippen LogP contribution in [0.5, 0.6) is 0 Å². The van der Waals surface area contributed by atoms with Crippen molar-refractivity contribution < 1.29 is 19.4 Å². The first kappa shape index (κ1) is 15.1. The summed E-state index contributed by atoms with van der Waals surface area (Å²) in [7, 11) is 0. The third-order valence-electron chi connectivity index (χ3n) is 3.56. The summed E-state index contributed by atoms with van der Waals surface area (Å²) >= 11 is 0. The number of rotatable bonds is 3. The van der Waals surface area contributed by atoms with E-state index in [1.165, 1.54) is 17.3 Å². The SMILES string of the molecule is O=C(O)[C@H]1CN(C(=O)c2cnc(-c3ccccc3)nc2)CCO1. The molecule has 1 saturated heterocycles. The van der Waals surface area contributed by atoms with Gasteiger partial charge in [0, 0.05) is 24.5 Å². The van der Waals surface area contributed by atoms with E-state index in [2.05, 4.69) is 9.97 Å². The van der Waals surface area contributed by atoms with E-state index in [-0.39, 0.29) is 19.1 Å². The number of carbonyl (C=O) groups excluding carboxylic acids is 1. The molecule has 1 amide bonds. The van der Waals surface area contributed by atoms with Crippen LogP contribution in [0, 0.1) is 0 Å². The topological polar surface area (TPSA) is 92.6 Å². The molecule has 2 aromatic rings. The highest BCUT2D eigenvalue weighted by molar-refractivity contribution is 5.94. The molecule has 2 heterocycles. The molecule has 1 N–H and O–H groups in total. The third-order valence-corrected chi connectivity index (χ3v) is 3.56. The Morgan fingerprint density at radius 1 is 1.17 bits per heavy atom. The van der Waals surface area contributed by atoms with E-state index in [0.717, 1.165) is 5.56 Å². The number of carbonyl (C=O) groups is 2. The van der Waals surface area contributed by atoms with E-state index >= 15 is 0 Å². The van der Waals surface area contributed by atoms with Crippen molar-refractivity contribution in [3.05, 3.63) is 48.3 Å². The summed E-state index contributed by atoms with van der Waals surface area (Å²) in [5.41, 5.74) is 1.19. The highest BCUT2D eigenvalue weighted by Crippen LogP contribution is 2.15. The first-order valence-electron chi connectivity index (χ1n) is 7.16. The minimum Gasteiger partial charge on any atom is -0.479 e. The van der Waals surface area contributed by atoms with Gasteiger partial charge in [-0.2, -0.15) is 0 Å². The van der Waals surface area contributed by atoms with E-state index in [1.807, 2.05) is 30.3 Å². The largest absolute Gasteiger partial charge is 0.479 e. The summed E-state index contributed by atoms with van der Waals surface area (Å²) in [6.07, 6.45) is 1.93. The van der Waals surface area contributed by atoms with Gasteiger partial charge in [-0.05, 0) is 0 Å². The van der Waals surface area contributed by atoms with Crippen LogP contribution in [0.25, 0.3) is 11.4 Å². The molecule has 0 spiro atoms. The van der Waals surface area contributed by atoms with Gasteiger partial charge < -0.3 is 14.7 Å². The van der Waals surface area contributed by atoms with Gasteiger partial charge in [0.15, 0.2) is 11.9 Å². The quantitative estimate of drug-likeness (QED) is 0.911. The van der Waals surface area contributed by atoms with Gasteiger partial charge in [-0.25, -0.2) is 14.8 Å². The summed E-state index contributed by atoms with van der Waals surface area (Å²) < 4.78 is 5.11.